The highest BCUT2D eigenvalue weighted by molar-refractivity contribution is 6.04. The maximum atomic E-state index is 13.0. The molecular formula is C22H25N3O3. The number of fused-ring (bicyclic) bond motifs is 1. The van der Waals surface area contributed by atoms with Crippen LogP contribution in [0.1, 0.15) is 35.9 Å². The van der Waals surface area contributed by atoms with Crippen molar-refractivity contribution in [3.05, 3.63) is 70.1 Å². The van der Waals surface area contributed by atoms with Crippen LogP contribution in [0, 0.1) is 6.92 Å². The lowest BCUT2D eigenvalue weighted by molar-refractivity contribution is 0.0767. The Hall–Kier alpha value is -3.15. The number of aromatic nitrogens is 2. The summed E-state index contributed by atoms with van der Waals surface area (Å²) in [6.07, 6.45) is 0. The molecule has 0 saturated heterocycles. The summed E-state index contributed by atoms with van der Waals surface area (Å²) in [5.74, 6) is 0.569. The van der Waals surface area contributed by atoms with E-state index in [-0.39, 0.29) is 23.2 Å². The number of rotatable bonds is 6. The molecule has 6 nitrogen and oxygen atoms in total. The van der Waals surface area contributed by atoms with Crippen LogP contribution < -0.4 is 10.3 Å². The maximum Gasteiger partial charge on any atom is 0.274 e. The lowest BCUT2D eigenvalue weighted by Crippen LogP contribution is -2.34. The van der Waals surface area contributed by atoms with E-state index in [1.54, 1.807) is 36.2 Å². The first kappa shape index (κ1) is 19.6. The molecule has 0 spiro atoms. The summed E-state index contributed by atoms with van der Waals surface area (Å²) < 4.78 is 7.16. The van der Waals surface area contributed by atoms with E-state index in [1.807, 2.05) is 45.0 Å². The molecule has 1 heterocycles. The van der Waals surface area contributed by atoms with Crippen LogP contribution in [0.4, 0.5) is 0 Å². The highest BCUT2D eigenvalue weighted by Crippen LogP contribution is 2.18. The Morgan fingerprint density at radius 2 is 1.75 bits per heavy atom. The van der Waals surface area contributed by atoms with Crippen LogP contribution in [0.5, 0.6) is 5.75 Å². The van der Waals surface area contributed by atoms with Gasteiger partial charge in [-0.05, 0) is 38.5 Å². The first-order valence-corrected chi connectivity index (χ1v) is 9.35. The molecule has 0 aliphatic carbocycles. The predicted octanol–water partition coefficient (Wildman–Crippen LogP) is 3.44. The number of para-hydroxylation sites is 1. The van der Waals surface area contributed by atoms with Crippen molar-refractivity contribution in [2.24, 2.45) is 0 Å². The van der Waals surface area contributed by atoms with Crippen molar-refractivity contribution >= 4 is 16.7 Å². The molecule has 1 aromatic heterocycles. The third kappa shape index (κ3) is 3.91. The fourth-order valence-electron chi connectivity index (χ4n) is 3.01. The van der Waals surface area contributed by atoms with Crippen LogP contribution in [-0.4, -0.2) is 40.8 Å². The van der Waals surface area contributed by atoms with Crippen LogP contribution in [-0.2, 0) is 0 Å². The van der Waals surface area contributed by atoms with E-state index in [0.29, 0.717) is 23.9 Å². The second-order valence-corrected chi connectivity index (χ2v) is 7.08. The Bertz CT molecular complexity index is 1060. The highest BCUT2D eigenvalue weighted by atomic mass is 16.5. The number of hydrogen-bond acceptors (Lipinski definition) is 4. The number of benzene rings is 2. The molecule has 3 aromatic rings. The summed E-state index contributed by atoms with van der Waals surface area (Å²) in [5, 5.41) is 5.44. The molecule has 3 rings (SSSR count). The van der Waals surface area contributed by atoms with Gasteiger partial charge in [0.1, 0.15) is 12.4 Å². The van der Waals surface area contributed by atoms with Gasteiger partial charge in [-0.1, -0.05) is 36.4 Å². The van der Waals surface area contributed by atoms with Gasteiger partial charge in [0.15, 0.2) is 5.69 Å². The van der Waals surface area contributed by atoms with Gasteiger partial charge in [-0.3, -0.25) is 9.59 Å². The molecule has 0 aliphatic heterocycles. The minimum atomic E-state index is -0.237. The minimum Gasteiger partial charge on any atom is -0.491 e. The maximum absolute atomic E-state index is 13.0. The summed E-state index contributed by atoms with van der Waals surface area (Å²) in [4.78, 5) is 27.2. The van der Waals surface area contributed by atoms with Crippen molar-refractivity contribution < 1.29 is 9.53 Å². The lowest BCUT2D eigenvalue weighted by Gasteiger charge is -2.19. The second-order valence-electron chi connectivity index (χ2n) is 7.08. The zero-order chi connectivity index (χ0) is 20.3. The largest absolute Gasteiger partial charge is 0.491 e. The summed E-state index contributed by atoms with van der Waals surface area (Å²) in [5.41, 5.74) is 1.14. The zero-order valence-electron chi connectivity index (χ0n) is 16.7. The van der Waals surface area contributed by atoms with Gasteiger partial charge in [0.2, 0.25) is 0 Å². The number of ether oxygens (including phenoxy) is 1. The van der Waals surface area contributed by atoms with Crippen molar-refractivity contribution in [1.29, 1.82) is 0 Å². The molecule has 1 amide bonds. The third-order valence-corrected chi connectivity index (χ3v) is 4.64. The van der Waals surface area contributed by atoms with Crippen LogP contribution in [0.2, 0.25) is 0 Å². The Kier molecular flexibility index (Phi) is 5.78. The smallest absolute Gasteiger partial charge is 0.274 e. The van der Waals surface area contributed by atoms with Gasteiger partial charge < -0.3 is 9.64 Å². The SMILES string of the molecule is Cc1ccccc1OCCN(C)C(=O)c1nn(C(C)C)c(=O)c2ccccc12. The Balaban J connectivity index is 1.83. The van der Waals surface area contributed by atoms with Crippen LogP contribution in [0.3, 0.4) is 0 Å². The third-order valence-electron chi connectivity index (χ3n) is 4.64. The first-order chi connectivity index (χ1) is 13.4. The molecule has 0 atom stereocenters. The van der Waals surface area contributed by atoms with E-state index in [9.17, 15) is 9.59 Å². The Morgan fingerprint density at radius 1 is 1.11 bits per heavy atom. The van der Waals surface area contributed by atoms with Gasteiger partial charge in [-0.2, -0.15) is 5.10 Å². The normalized spacial score (nSPS) is 11.0. The standard InChI is InChI=1S/C22H25N3O3/c1-15(2)25-21(26)18-11-7-6-10-17(18)20(23-25)22(27)24(4)13-14-28-19-12-8-5-9-16(19)3/h5-12,15H,13-14H2,1-4H3. The van der Waals surface area contributed by atoms with Gasteiger partial charge in [-0.25, -0.2) is 4.68 Å². The summed E-state index contributed by atoms with van der Waals surface area (Å²) in [7, 11) is 1.71. The van der Waals surface area contributed by atoms with E-state index < -0.39 is 0 Å². The monoisotopic (exact) mass is 379 g/mol. The van der Waals surface area contributed by atoms with E-state index in [2.05, 4.69) is 5.10 Å². The minimum absolute atomic E-state index is 0.140. The van der Waals surface area contributed by atoms with Crippen molar-refractivity contribution in [2.45, 2.75) is 26.8 Å². The van der Waals surface area contributed by atoms with Crippen molar-refractivity contribution in [3.8, 4) is 5.75 Å². The number of carbonyl (C=O) groups excluding carboxylic acids is 1. The van der Waals surface area contributed by atoms with E-state index in [1.165, 1.54) is 4.68 Å². The summed E-state index contributed by atoms with van der Waals surface area (Å²) in [6.45, 7) is 6.50. The van der Waals surface area contributed by atoms with Gasteiger partial charge in [0.05, 0.1) is 18.0 Å². The van der Waals surface area contributed by atoms with Crippen molar-refractivity contribution in [1.82, 2.24) is 14.7 Å². The highest BCUT2D eigenvalue weighted by Gasteiger charge is 2.20. The molecule has 2 aromatic carbocycles. The second kappa shape index (κ2) is 8.25. The van der Waals surface area contributed by atoms with Crippen molar-refractivity contribution in [2.75, 3.05) is 20.2 Å². The molecule has 28 heavy (non-hydrogen) atoms. The Labute approximate surface area is 164 Å². The number of carbonyl (C=O) groups is 1. The average molecular weight is 379 g/mol. The first-order valence-electron chi connectivity index (χ1n) is 9.35. The quantitative estimate of drug-likeness (QED) is 0.658. The topological polar surface area (TPSA) is 64.4 Å². The van der Waals surface area contributed by atoms with Crippen LogP contribution in [0.25, 0.3) is 10.8 Å². The van der Waals surface area contributed by atoms with Crippen LogP contribution in [0.15, 0.2) is 53.3 Å². The van der Waals surface area contributed by atoms with E-state index in [4.69, 9.17) is 4.74 Å². The average Bonchev–Trinajstić information content (AvgIpc) is 2.69. The fraction of sp³-hybridized carbons (Fsp3) is 0.318. The molecule has 0 aliphatic rings. The van der Waals surface area contributed by atoms with Gasteiger partial charge in [-0.15, -0.1) is 0 Å². The molecule has 0 N–H and O–H groups in total. The van der Waals surface area contributed by atoms with Gasteiger partial charge in [0, 0.05) is 12.4 Å². The zero-order valence-corrected chi connectivity index (χ0v) is 16.7. The predicted molar refractivity (Wildman–Crippen MR) is 110 cm³/mol. The number of likely N-dealkylation sites (N-methyl/N-ethyl adjacent to an activating group) is 1. The Morgan fingerprint density at radius 3 is 2.43 bits per heavy atom. The molecular weight excluding hydrogens is 354 g/mol. The molecule has 0 bridgehead atoms. The van der Waals surface area contributed by atoms with Crippen LogP contribution >= 0.6 is 0 Å². The fourth-order valence-corrected chi connectivity index (χ4v) is 3.01. The molecule has 146 valence electrons. The lowest BCUT2D eigenvalue weighted by atomic mass is 10.1. The molecule has 0 unspecified atom stereocenters. The molecule has 0 saturated carbocycles. The number of aryl methyl sites for hydroxylation is 1. The van der Waals surface area contributed by atoms with Gasteiger partial charge in [0.25, 0.3) is 11.5 Å². The van der Waals surface area contributed by atoms with E-state index in [0.717, 1.165) is 11.3 Å². The van der Waals surface area contributed by atoms with E-state index >= 15 is 0 Å². The molecule has 0 radical (unpaired) electrons. The molecule has 6 heteroatoms. The number of amides is 1. The van der Waals surface area contributed by atoms with Gasteiger partial charge >= 0.3 is 0 Å². The number of nitrogens with zero attached hydrogens (tertiary/aromatic N) is 3. The summed E-state index contributed by atoms with van der Waals surface area (Å²) >= 11 is 0. The van der Waals surface area contributed by atoms with Crippen molar-refractivity contribution in [3.63, 3.8) is 0 Å². The number of hydrogen-bond donors (Lipinski definition) is 0. The summed E-state index contributed by atoms with van der Waals surface area (Å²) in [6, 6.07) is 14.7. The molecule has 0 fully saturated rings.